The number of phenolic OH excluding ortho intramolecular Hbond substituents is 1. The third-order valence-corrected chi connectivity index (χ3v) is 5.35. The van der Waals surface area contributed by atoms with Crippen molar-refractivity contribution in [2.24, 2.45) is 5.92 Å². The normalized spacial score (nSPS) is 16.6. The Kier molecular flexibility index (Phi) is 4.15. The number of amides is 1. The van der Waals surface area contributed by atoms with Crippen molar-refractivity contribution in [1.82, 2.24) is 14.3 Å². The van der Waals surface area contributed by atoms with Crippen LogP contribution in [0.4, 0.5) is 5.69 Å². The molecule has 1 amide bonds. The van der Waals surface area contributed by atoms with E-state index in [1.54, 1.807) is 0 Å². The fraction of sp³-hybridized carbons (Fsp3) is 0.400. The van der Waals surface area contributed by atoms with Crippen LogP contribution in [0.5, 0.6) is 5.75 Å². The molecule has 1 aliphatic rings. The molecule has 2 heterocycles. The second-order valence-corrected chi connectivity index (χ2v) is 7.92. The van der Waals surface area contributed by atoms with E-state index in [0.29, 0.717) is 12.5 Å². The van der Waals surface area contributed by atoms with E-state index in [1.807, 2.05) is 18.6 Å². The summed E-state index contributed by atoms with van der Waals surface area (Å²) in [5.41, 5.74) is -0.211. The number of nitrogens with one attached hydrogen (secondary N) is 1. The Morgan fingerprint density at radius 2 is 2.04 bits per heavy atom. The fourth-order valence-corrected chi connectivity index (χ4v) is 3.76. The van der Waals surface area contributed by atoms with Crippen molar-refractivity contribution in [1.29, 1.82) is 0 Å². The number of phenols is 1. The third kappa shape index (κ3) is 3.16. The van der Waals surface area contributed by atoms with Gasteiger partial charge in [-0.25, -0.2) is 14.0 Å². The summed E-state index contributed by atoms with van der Waals surface area (Å²) in [5.74, 6) is -0.677. The number of fused-ring (bicyclic) bond motifs is 1. The van der Waals surface area contributed by atoms with Crippen LogP contribution in [-0.2, 0) is 21.5 Å². The molecule has 2 aromatic rings. The molecule has 0 bridgehead atoms. The molecule has 0 aliphatic carbocycles. The van der Waals surface area contributed by atoms with E-state index in [2.05, 4.69) is 4.98 Å². The Labute approximate surface area is 144 Å². The van der Waals surface area contributed by atoms with Crippen LogP contribution in [0.1, 0.15) is 20.3 Å². The van der Waals surface area contributed by atoms with Gasteiger partial charge < -0.3 is 5.11 Å². The van der Waals surface area contributed by atoms with E-state index in [-0.39, 0.29) is 27.9 Å². The highest BCUT2D eigenvalue weighted by molar-refractivity contribution is 7.92. The third-order valence-electron chi connectivity index (χ3n) is 3.96. The lowest BCUT2D eigenvalue weighted by molar-refractivity contribution is -0.117. The van der Waals surface area contributed by atoms with Crippen molar-refractivity contribution < 1.29 is 18.3 Å². The first kappa shape index (κ1) is 17.2. The van der Waals surface area contributed by atoms with Crippen LogP contribution in [0.2, 0.25) is 0 Å². The summed E-state index contributed by atoms with van der Waals surface area (Å²) in [6, 6.07) is 2.47. The smallest absolute Gasteiger partial charge is 0.326 e. The van der Waals surface area contributed by atoms with E-state index in [0.717, 1.165) is 10.7 Å². The number of benzene rings is 1. The first-order valence-corrected chi connectivity index (χ1v) is 9.18. The summed E-state index contributed by atoms with van der Waals surface area (Å²) in [7, 11) is -4.08. The van der Waals surface area contributed by atoms with Crippen molar-refractivity contribution in [2.75, 3.05) is 10.8 Å². The zero-order chi connectivity index (χ0) is 18.4. The Morgan fingerprint density at radius 3 is 2.64 bits per heavy atom. The van der Waals surface area contributed by atoms with Gasteiger partial charge in [-0.2, -0.15) is 8.42 Å². The van der Waals surface area contributed by atoms with Crippen LogP contribution in [-0.4, -0.2) is 35.5 Å². The summed E-state index contributed by atoms with van der Waals surface area (Å²) >= 11 is 0. The highest BCUT2D eigenvalue weighted by atomic mass is 32.2. The van der Waals surface area contributed by atoms with E-state index in [4.69, 9.17) is 0 Å². The van der Waals surface area contributed by atoms with Gasteiger partial charge in [-0.3, -0.25) is 14.2 Å². The first-order chi connectivity index (χ1) is 11.7. The van der Waals surface area contributed by atoms with Crippen molar-refractivity contribution in [3.8, 4) is 5.75 Å². The van der Waals surface area contributed by atoms with Crippen LogP contribution in [0.25, 0.3) is 10.9 Å². The molecule has 1 aliphatic heterocycles. The molecular weight excluding hydrogens is 348 g/mol. The lowest BCUT2D eigenvalue weighted by Gasteiger charge is -2.17. The molecule has 9 nitrogen and oxygen atoms in total. The van der Waals surface area contributed by atoms with E-state index in [9.17, 15) is 23.1 Å². The summed E-state index contributed by atoms with van der Waals surface area (Å²) in [4.78, 5) is 28.2. The summed E-state index contributed by atoms with van der Waals surface area (Å²) < 4.78 is 28.0. The predicted octanol–water partition coefficient (Wildman–Crippen LogP) is 0.329. The molecule has 134 valence electrons. The molecule has 0 spiro atoms. The van der Waals surface area contributed by atoms with Crippen LogP contribution in [0.3, 0.4) is 0 Å². The van der Waals surface area contributed by atoms with Gasteiger partial charge >= 0.3 is 10.2 Å². The predicted molar refractivity (Wildman–Crippen MR) is 91.5 cm³/mol. The SMILES string of the molecule is CC(C)CCn1cnc2cc(O)c(N3CC(=O)NS3(=O)=O)cc2c1=O. The highest BCUT2D eigenvalue weighted by Crippen LogP contribution is 2.33. The Hall–Kier alpha value is -2.62. The van der Waals surface area contributed by atoms with Crippen molar-refractivity contribution in [2.45, 2.75) is 26.8 Å². The number of hydrogen-bond acceptors (Lipinski definition) is 6. The van der Waals surface area contributed by atoms with Crippen LogP contribution < -0.4 is 14.6 Å². The van der Waals surface area contributed by atoms with Gasteiger partial charge in [-0.1, -0.05) is 13.8 Å². The number of anilines is 1. The van der Waals surface area contributed by atoms with Crippen LogP contribution in [0, 0.1) is 5.92 Å². The van der Waals surface area contributed by atoms with Gasteiger partial charge in [0, 0.05) is 12.6 Å². The molecule has 3 rings (SSSR count). The van der Waals surface area contributed by atoms with Gasteiger partial charge in [0.15, 0.2) is 0 Å². The number of nitrogens with zero attached hydrogens (tertiary/aromatic N) is 3. The van der Waals surface area contributed by atoms with Gasteiger partial charge in [0.2, 0.25) is 0 Å². The number of rotatable bonds is 4. The minimum absolute atomic E-state index is 0.133. The second-order valence-electron chi connectivity index (χ2n) is 6.32. The summed E-state index contributed by atoms with van der Waals surface area (Å²) in [5, 5.41) is 10.3. The molecule has 0 unspecified atom stereocenters. The summed E-state index contributed by atoms with van der Waals surface area (Å²) in [6.45, 7) is 4.11. The monoisotopic (exact) mass is 366 g/mol. The Balaban J connectivity index is 2.12. The molecule has 0 atom stereocenters. The second kappa shape index (κ2) is 6.03. The maximum Gasteiger partial charge on any atom is 0.326 e. The maximum atomic E-state index is 12.6. The minimum Gasteiger partial charge on any atom is -0.506 e. The van der Waals surface area contributed by atoms with Gasteiger partial charge in [0.1, 0.15) is 12.3 Å². The van der Waals surface area contributed by atoms with Crippen molar-refractivity contribution in [3.63, 3.8) is 0 Å². The van der Waals surface area contributed by atoms with E-state index >= 15 is 0 Å². The average Bonchev–Trinajstić information content (AvgIpc) is 2.78. The number of carbonyl (C=O) groups is 1. The van der Waals surface area contributed by atoms with Gasteiger partial charge in [0.25, 0.3) is 11.5 Å². The summed E-state index contributed by atoms with van der Waals surface area (Å²) in [6.07, 6.45) is 2.20. The Bertz CT molecular complexity index is 1010. The molecule has 0 radical (unpaired) electrons. The first-order valence-electron chi connectivity index (χ1n) is 7.74. The average molecular weight is 366 g/mol. The fourth-order valence-electron chi connectivity index (χ4n) is 2.60. The van der Waals surface area contributed by atoms with E-state index < -0.39 is 22.7 Å². The molecular formula is C15H18N4O5S. The lowest BCUT2D eigenvalue weighted by atomic mass is 10.1. The zero-order valence-electron chi connectivity index (χ0n) is 13.8. The van der Waals surface area contributed by atoms with Crippen molar-refractivity contribution >= 4 is 32.7 Å². The number of hydrogen-bond donors (Lipinski definition) is 2. The molecule has 2 N–H and O–H groups in total. The number of carbonyl (C=O) groups excluding carboxylic acids is 1. The largest absolute Gasteiger partial charge is 0.506 e. The van der Waals surface area contributed by atoms with E-state index in [1.165, 1.54) is 23.0 Å². The number of aryl methyl sites for hydroxylation is 1. The quantitative estimate of drug-likeness (QED) is 0.804. The molecule has 0 saturated carbocycles. The zero-order valence-corrected chi connectivity index (χ0v) is 14.6. The topological polar surface area (TPSA) is 122 Å². The maximum absolute atomic E-state index is 12.6. The Morgan fingerprint density at radius 1 is 1.32 bits per heavy atom. The molecule has 1 saturated heterocycles. The van der Waals surface area contributed by atoms with Gasteiger partial charge in [0.05, 0.1) is 22.9 Å². The molecule has 25 heavy (non-hydrogen) atoms. The molecule has 10 heteroatoms. The van der Waals surface area contributed by atoms with Crippen LogP contribution in [0.15, 0.2) is 23.3 Å². The molecule has 1 aromatic carbocycles. The molecule has 1 aromatic heterocycles. The number of aromatic hydroxyl groups is 1. The lowest BCUT2D eigenvalue weighted by Crippen LogP contribution is -2.30. The standard InChI is InChI=1S/C15H18N4O5S/c1-9(2)3-4-18-8-16-11-6-13(20)12(5-10(11)15(18)22)19-7-14(21)17-25(19,23)24/h5-6,8-9,20H,3-4,7H2,1-2H3,(H,17,21). The van der Waals surface area contributed by atoms with Crippen molar-refractivity contribution in [3.05, 3.63) is 28.8 Å². The van der Waals surface area contributed by atoms with Gasteiger partial charge in [-0.05, 0) is 18.4 Å². The highest BCUT2D eigenvalue weighted by Gasteiger charge is 2.35. The minimum atomic E-state index is -4.08. The molecule has 1 fully saturated rings. The van der Waals surface area contributed by atoms with Gasteiger partial charge in [-0.15, -0.1) is 0 Å². The van der Waals surface area contributed by atoms with Crippen LogP contribution >= 0.6 is 0 Å². The number of aromatic nitrogens is 2.